The first-order valence-electron chi connectivity index (χ1n) is 6.01. The van der Waals surface area contributed by atoms with Gasteiger partial charge in [0.15, 0.2) is 0 Å². The van der Waals surface area contributed by atoms with Crippen LogP contribution in [0.2, 0.25) is 0 Å². The van der Waals surface area contributed by atoms with Crippen molar-refractivity contribution in [2.75, 3.05) is 20.1 Å². The van der Waals surface area contributed by atoms with E-state index in [-0.39, 0.29) is 0 Å². The van der Waals surface area contributed by atoms with E-state index in [9.17, 15) is 0 Å². The second kappa shape index (κ2) is 3.63. The van der Waals surface area contributed by atoms with Crippen LogP contribution in [0.25, 0.3) is 10.9 Å². The topological polar surface area (TPSA) is 19.0 Å². The van der Waals surface area contributed by atoms with E-state index in [0.29, 0.717) is 5.92 Å². The summed E-state index contributed by atoms with van der Waals surface area (Å²) in [7, 11) is 2.21. The van der Waals surface area contributed by atoms with Crippen molar-refractivity contribution < 1.29 is 0 Å². The summed E-state index contributed by atoms with van der Waals surface area (Å²) in [5.41, 5.74) is 4.17. The minimum atomic E-state index is 0.709. The highest BCUT2D eigenvalue weighted by Gasteiger charge is 2.25. The Bertz CT molecular complexity index is 512. The van der Waals surface area contributed by atoms with Crippen LogP contribution in [-0.2, 0) is 0 Å². The quantitative estimate of drug-likeness (QED) is 0.773. The Morgan fingerprint density at radius 3 is 2.88 bits per heavy atom. The molecule has 2 heterocycles. The number of aromatic nitrogens is 1. The number of likely N-dealkylation sites (N-methyl/N-ethyl adjacent to an activating group) is 1. The van der Waals surface area contributed by atoms with Crippen molar-refractivity contribution in [2.24, 2.45) is 0 Å². The van der Waals surface area contributed by atoms with Gasteiger partial charge in [0.25, 0.3) is 0 Å². The number of benzene rings is 1. The lowest BCUT2D eigenvalue weighted by Gasteiger charge is -2.11. The fourth-order valence-corrected chi connectivity index (χ4v) is 3.00. The SMILES string of the molecule is Cc1[nH]c2ccccc2c1C1CCN(C)C1. The van der Waals surface area contributed by atoms with Crippen LogP contribution in [0.1, 0.15) is 23.6 Å². The van der Waals surface area contributed by atoms with Gasteiger partial charge in [0.05, 0.1) is 0 Å². The average Bonchev–Trinajstić information content (AvgIpc) is 2.80. The summed E-state index contributed by atoms with van der Waals surface area (Å²) in [5, 5.41) is 1.42. The lowest BCUT2D eigenvalue weighted by Crippen LogP contribution is -2.13. The molecule has 0 bridgehead atoms. The summed E-state index contributed by atoms with van der Waals surface area (Å²) in [5.74, 6) is 0.709. The fraction of sp³-hybridized carbons (Fsp3) is 0.429. The lowest BCUT2D eigenvalue weighted by atomic mass is 9.95. The Balaban J connectivity index is 2.12. The number of nitrogens with one attached hydrogen (secondary N) is 1. The van der Waals surface area contributed by atoms with Gasteiger partial charge in [0.2, 0.25) is 0 Å². The largest absolute Gasteiger partial charge is 0.358 e. The Morgan fingerprint density at radius 1 is 1.31 bits per heavy atom. The van der Waals surface area contributed by atoms with Crippen LogP contribution < -0.4 is 0 Å². The second-order valence-corrected chi connectivity index (χ2v) is 4.96. The van der Waals surface area contributed by atoms with Gasteiger partial charge in [0, 0.05) is 29.1 Å². The molecular weight excluding hydrogens is 196 g/mol. The van der Waals surface area contributed by atoms with Gasteiger partial charge in [-0.1, -0.05) is 18.2 Å². The highest BCUT2D eigenvalue weighted by Crippen LogP contribution is 2.34. The molecule has 2 nitrogen and oxygen atoms in total. The zero-order valence-corrected chi connectivity index (χ0v) is 9.96. The maximum absolute atomic E-state index is 3.50. The normalized spacial score (nSPS) is 22.0. The molecule has 2 heteroatoms. The van der Waals surface area contributed by atoms with E-state index >= 15 is 0 Å². The van der Waals surface area contributed by atoms with Crippen LogP contribution in [0.3, 0.4) is 0 Å². The van der Waals surface area contributed by atoms with Gasteiger partial charge < -0.3 is 9.88 Å². The summed E-state index contributed by atoms with van der Waals surface area (Å²) in [6.07, 6.45) is 1.29. The maximum Gasteiger partial charge on any atom is 0.0458 e. The smallest absolute Gasteiger partial charge is 0.0458 e. The molecule has 0 aliphatic carbocycles. The molecule has 1 aliphatic rings. The fourth-order valence-electron chi connectivity index (χ4n) is 3.00. The van der Waals surface area contributed by atoms with E-state index in [0.717, 1.165) is 0 Å². The molecule has 1 unspecified atom stereocenters. The van der Waals surface area contributed by atoms with Gasteiger partial charge in [0.1, 0.15) is 0 Å². The molecule has 0 spiro atoms. The second-order valence-electron chi connectivity index (χ2n) is 4.96. The van der Waals surface area contributed by atoms with E-state index in [2.05, 4.69) is 48.1 Å². The molecule has 1 aromatic heterocycles. The van der Waals surface area contributed by atoms with Gasteiger partial charge in [-0.25, -0.2) is 0 Å². The number of aromatic amines is 1. The molecule has 1 fully saturated rings. The molecule has 16 heavy (non-hydrogen) atoms. The van der Waals surface area contributed by atoms with Crippen LogP contribution in [0.4, 0.5) is 0 Å². The third kappa shape index (κ3) is 1.45. The van der Waals surface area contributed by atoms with E-state index in [1.165, 1.54) is 36.1 Å². The van der Waals surface area contributed by atoms with Gasteiger partial charge >= 0.3 is 0 Å². The summed E-state index contributed by atoms with van der Waals surface area (Å²) in [6.45, 7) is 4.62. The number of likely N-dealkylation sites (tertiary alicyclic amines) is 1. The van der Waals surface area contributed by atoms with Crippen molar-refractivity contribution in [2.45, 2.75) is 19.3 Å². The maximum atomic E-state index is 3.50. The minimum absolute atomic E-state index is 0.709. The zero-order valence-electron chi connectivity index (χ0n) is 9.96. The van der Waals surface area contributed by atoms with Gasteiger partial charge in [-0.3, -0.25) is 0 Å². The number of rotatable bonds is 1. The molecule has 1 aliphatic heterocycles. The lowest BCUT2D eigenvalue weighted by molar-refractivity contribution is 0.411. The Hall–Kier alpha value is -1.28. The molecule has 84 valence electrons. The first kappa shape index (κ1) is 9.91. The first-order valence-corrected chi connectivity index (χ1v) is 6.01. The van der Waals surface area contributed by atoms with Crippen molar-refractivity contribution in [1.82, 2.24) is 9.88 Å². The third-order valence-corrected chi connectivity index (χ3v) is 3.74. The monoisotopic (exact) mass is 214 g/mol. The number of aryl methyl sites for hydroxylation is 1. The molecule has 1 aromatic carbocycles. The van der Waals surface area contributed by atoms with Crippen LogP contribution in [-0.4, -0.2) is 30.0 Å². The van der Waals surface area contributed by atoms with Crippen LogP contribution in [0.15, 0.2) is 24.3 Å². The molecule has 1 N–H and O–H groups in total. The van der Waals surface area contributed by atoms with Gasteiger partial charge in [-0.05, 0) is 38.6 Å². The molecule has 0 radical (unpaired) electrons. The van der Waals surface area contributed by atoms with Crippen LogP contribution in [0.5, 0.6) is 0 Å². The van der Waals surface area contributed by atoms with Crippen LogP contribution >= 0.6 is 0 Å². The van der Waals surface area contributed by atoms with E-state index in [4.69, 9.17) is 0 Å². The number of fused-ring (bicyclic) bond motifs is 1. The highest BCUT2D eigenvalue weighted by atomic mass is 15.1. The van der Waals surface area contributed by atoms with Crippen LogP contribution in [0, 0.1) is 6.92 Å². The number of hydrogen-bond donors (Lipinski definition) is 1. The standard InChI is InChI=1S/C14H18N2/c1-10-14(11-7-8-16(2)9-11)12-5-3-4-6-13(12)15-10/h3-6,11,15H,7-9H2,1-2H3. The Labute approximate surface area is 96.3 Å². The number of nitrogens with zero attached hydrogens (tertiary/aromatic N) is 1. The van der Waals surface area contributed by atoms with E-state index in [1.54, 1.807) is 5.56 Å². The highest BCUT2D eigenvalue weighted by molar-refractivity contribution is 5.85. The molecule has 0 saturated carbocycles. The number of hydrogen-bond acceptors (Lipinski definition) is 1. The average molecular weight is 214 g/mol. The number of para-hydroxylation sites is 1. The van der Waals surface area contributed by atoms with E-state index < -0.39 is 0 Å². The van der Waals surface area contributed by atoms with Crippen molar-refractivity contribution >= 4 is 10.9 Å². The first-order chi connectivity index (χ1) is 7.75. The van der Waals surface area contributed by atoms with E-state index in [1.807, 2.05) is 0 Å². The molecule has 1 saturated heterocycles. The van der Waals surface area contributed by atoms with Gasteiger partial charge in [-0.15, -0.1) is 0 Å². The molecule has 0 amide bonds. The predicted molar refractivity (Wildman–Crippen MR) is 67.9 cm³/mol. The zero-order chi connectivity index (χ0) is 11.1. The molecule has 2 aromatic rings. The number of H-pyrrole nitrogens is 1. The van der Waals surface area contributed by atoms with Gasteiger partial charge in [-0.2, -0.15) is 0 Å². The Morgan fingerprint density at radius 2 is 2.12 bits per heavy atom. The summed E-state index contributed by atoms with van der Waals surface area (Å²) < 4.78 is 0. The molecular formula is C14H18N2. The summed E-state index contributed by atoms with van der Waals surface area (Å²) in [6, 6.07) is 8.65. The predicted octanol–water partition coefficient (Wildman–Crippen LogP) is 2.90. The summed E-state index contributed by atoms with van der Waals surface area (Å²) in [4.78, 5) is 5.92. The Kier molecular flexibility index (Phi) is 2.25. The third-order valence-electron chi connectivity index (χ3n) is 3.74. The molecule has 1 atom stereocenters. The molecule has 3 rings (SSSR count). The van der Waals surface area contributed by atoms with Crippen molar-refractivity contribution in [3.63, 3.8) is 0 Å². The summed E-state index contributed by atoms with van der Waals surface area (Å²) >= 11 is 0. The van der Waals surface area contributed by atoms with Crippen molar-refractivity contribution in [3.8, 4) is 0 Å². The minimum Gasteiger partial charge on any atom is -0.358 e. The van der Waals surface area contributed by atoms with Crippen molar-refractivity contribution in [3.05, 3.63) is 35.5 Å². The van der Waals surface area contributed by atoms with Crippen molar-refractivity contribution in [1.29, 1.82) is 0 Å².